The lowest BCUT2D eigenvalue weighted by molar-refractivity contribution is -0.129. The lowest BCUT2D eigenvalue weighted by Crippen LogP contribution is -2.32. The molecule has 7 nitrogen and oxygen atoms in total. The summed E-state index contributed by atoms with van der Waals surface area (Å²) >= 11 is 0. The van der Waals surface area contributed by atoms with Gasteiger partial charge >= 0.3 is 0 Å². The van der Waals surface area contributed by atoms with Crippen molar-refractivity contribution in [2.45, 2.75) is 19.5 Å². The SMILES string of the molecule is CN(C)c1cc(CNC(=O)C2CC(=O)N(Cc3ccco3)C2)ccn1. The Morgan fingerprint density at radius 2 is 2.28 bits per heavy atom. The van der Waals surface area contributed by atoms with Crippen LogP contribution < -0.4 is 10.2 Å². The van der Waals surface area contributed by atoms with Gasteiger partial charge in [0.15, 0.2) is 0 Å². The van der Waals surface area contributed by atoms with Crippen LogP contribution in [-0.2, 0) is 22.7 Å². The molecule has 2 amide bonds. The molecule has 1 N–H and O–H groups in total. The Hall–Kier alpha value is -2.83. The van der Waals surface area contributed by atoms with Crippen LogP contribution in [0, 0.1) is 5.92 Å². The molecular weight excluding hydrogens is 320 g/mol. The molecule has 1 aliphatic heterocycles. The second-order valence-electron chi connectivity index (χ2n) is 6.39. The van der Waals surface area contributed by atoms with Crippen molar-refractivity contribution in [3.05, 3.63) is 48.0 Å². The monoisotopic (exact) mass is 342 g/mol. The first kappa shape index (κ1) is 17.0. The van der Waals surface area contributed by atoms with E-state index in [2.05, 4.69) is 10.3 Å². The Balaban J connectivity index is 1.53. The number of furan rings is 1. The normalized spacial score (nSPS) is 17.0. The molecule has 0 aromatic carbocycles. The molecule has 0 bridgehead atoms. The number of hydrogen-bond donors (Lipinski definition) is 1. The van der Waals surface area contributed by atoms with Gasteiger partial charge in [-0.15, -0.1) is 0 Å². The van der Waals surface area contributed by atoms with Crippen molar-refractivity contribution in [3.8, 4) is 0 Å². The molecular formula is C18H22N4O3. The van der Waals surface area contributed by atoms with E-state index in [4.69, 9.17) is 4.42 Å². The van der Waals surface area contributed by atoms with Gasteiger partial charge in [-0.25, -0.2) is 4.98 Å². The molecule has 0 saturated carbocycles. The Labute approximate surface area is 146 Å². The molecule has 1 fully saturated rings. The first-order valence-corrected chi connectivity index (χ1v) is 8.23. The van der Waals surface area contributed by atoms with Crippen LogP contribution in [-0.4, -0.2) is 42.3 Å². The molecule has 1 unspecified atom stereocenters. The maximum Gasteiger partial charge on any atom is 0.225 e. The second kappa shape index (κ2) is 7.38. The van der Waals surface area contributed by atoms with Gasteiger partial charge in [-0.2, -0.15) is 0 Å². The van der Waals surface area contributed by atoms with Crippen molar-refractivity contribution < 1.29 is 14.0 Å². The molecule has 132 valence electrons. The van der Waals surface area contributed by atoms with Gasteiger partial charge in [0.25, 0.3) is 0 Å². The van der Waals surface area contributed by atoms with Gasteiger partial charge in [0.2, 0.25) is 11.8 Å². The first-order valence-electron chi connectivity index (χ1n) is 8.23. The topological polar surface area (TPSA) is 78.7 Å². The third-order valence-electron chi connectivity index (χ3n) is 4.25. The van der Waals surface area contributed by atoms with Crippen LogP contribution >= 0.6 is 0 Å². The molecule has 3 rings (SSSR count). The molecule has 1 aliphatic rings. The zero-order valence-corrected chi connectivity index (χ0v) is 14.4. The van der Waals surface area contributed by atoms with E-state index in [0.29, 0.717) is 19.6 Å². The van der Waals surface area contributed by atoms with E-state index in [1.165, 1.54) is 0 Å². The number of nitrogens with zero attached hydrogens (tertiary/aromatic N) is 3. The largest absolute Gasteiger partial charge is 0.467 e. The Kier molecular flexibility index (Phi) is 5.02. The maximum atomic E-state index is 12.4. The number of carbonyl (C=O) groups is 2. The third kappa shape index (κ3) is 4.17. The minimum atomic E-state index is -0.322. The molecule has 2 aromatic heterocycles. The summed E-state index contributed by atoms with van der Waals surface area (Å²) in [5, 5.41) is 2.92. The van der Waals surface area contributed by atoms with E-state index in [1.807, 2.05) is 37.2 Å². The number of rotatable bonds is 6. The summed E-state index contributed by atoms with van der Waals surface area (Å²) in [5.74, 6) is 1.13. The number of anilines is 1. The number of amides is 2. The van der Waals surface area contributed by atoms with Crippen LogP contribution in [0.15, 0.2) is 41.1 Å². The number of pyridine rings is 1. The highest BCUT2D eigenvalue weighted by Crippen LogP contribution is 2.21. The Morgan fingerprint density at radius 3 is 3.00 bits per heavy atom. The lowest BCUT2D eigenvalue weighted by atomic mass is 10.1. The van der Waals surface area contributed by atoms with Crippen molar-refractivity contribution in [3.63, 3.8) is 0 Å². The fourth-order valence-corrected chi connectivity index (χ4v) is 2.84. The molecule has 1 saturated heterocycles. The minimum absolute atomic E-state index is 0.0182. The quantitative estimate of drug-likeness (QED) is 0.859. The molecule has 7 heteroatoms. The van der Waals surface area contributed by atoms with Crippen LogP contribution in [0.1, 0.15) is 17.7 Å². The zero-order chi connectivity index (χ0) is 17.8. The number of hydrogen-bond acceptors (Lipinski definition) is 5. The van der Waals surface area contributed by atoms with E-state index < -0.39 is 0 Å². The predicted molar refractivity (Wildman–Crippen MR) is 92.6 cm³/mol. The number of nitrogens with one attached hydrogen (secondary N) is 1. The lowest BCUT2D eigenvalue weighted by Gasteiger charge is -2.15. The molecule has 0 radical (unpaired) electrons. The minimum Gasteiger partial charge on any atom is -0.467 e. The highest BCUT2D eigenvalue weighted by atomic mass is 16.3. The van der Waals surface area contributed by atoms with Gasteiger partial charge in [0.05, 0.1) is 18.7 Å². The summed E-state index contributed by atoms with van der Waals surface area (Å²) in [4.78, 5) is 32.3. The molecule has 3 heterocycles. The van der Waals surface area contributed by atoms with Crippen LogP contribution in [0.25, 0.3) is 0 Å². The number of aromatic nitrogens is 1. The summed E-state index contributed by atoms with van der Waals surface area (Å²) in [6, 6.07) is 7.42. The van der Waals surface area contributed by atoms with Crippen molar-refractivity contribution in [1.29, 1.82) is 0 Å². The van der Waals surface area contributed by atoms with E-state index in [-0.39, 0.29) is 24.2 Å². The summed E-state index contributed by atoms with van der Waals surface area (Å²) in [7, 11) is 3.84. The summed E-state index contributed by atoms with van der Waals surface area (Å²) in [6.45, 7) is 1.25. The van der Waals surface area contributed by atoms with E-state index in [9.17, 15) is 9.59 Å². The average molecular weight is 342 g/mol. The van der Waals surface area contributed by atoms with E-state index >= 15 is 0 Å². The molecule has 0 spiro atoms. The van der Waals surface area contributed by atoms with Crippen LogP contribution in [0.4, 0.5) is 5.82 Å². The fraction of sp³-hybridized carbons (Fsp3) is 0.389. The highest BCUT2D eigenvalue weighted by molar-refractivity contribution is 5.89. The van der Waals surface area contributed by atoms with Crippen molar-refractivity contribution in [1.82, 2.24) is 15.2 Å². The molecule has 25 heavy (non-hydrogen) atoms. The van der Waals surface area contributed by atoms with E-state index in [0.717, 1.165) is 17.1 Å². The average Bonchev–Trinajstić information content (AvgIpc) is 3.23. The van der Waals surface area contributed by atoms with Crippen LogP contribution in [0.5, 0.6) is 0 Å². The second-order valence-corrected chi connectivity index (χ2v) is 6.39. The third-order valence-corrected chi connectivity index (χ3v) is 4.25. The first-order chi connectivity index (χ1) is 12.0. The van der Waals surface area contributed by atoms with Gasteiger partial charge in [-0.3, -0.25) is 9.59 Å². The summed E-state index contributed by atoms with van der Waals surface area (Å²) in [5.41, 5.74) is 0.976. The zero-order valence-electron chi connectivity index (χ0n) is 14.4. The number of likely N-dealkylation sites (tertiary alicyclic amines) is 1. The van der Waals surface area contributed by atoms with E-state index in [1.54, 1.807) is 23.4 Å². The summed E-state index contributed by atoms with van der Waals surface area (Å²) in [6.07, 6.45) is 3.55. The molecule has 2 aromatic rings. The van der Waals surface area contributed by atoms with Crippen LogP contribution in [0.3, 0.4) is 0 Å². The highest BCUT2D eigenvalue weighted by Gasteiger charge is 2.34. The smallest absolute Gasteiger partial charge is 0.225 e. The fourth-order valence-electron chi connectivity index (χ4n) is 2.84. The maximum absolute atomic E-state index is 12.4. The predicted octanol–water partition coefficient (Wildman–Crippen LogP) is 1.41. The van der Waals surface area contributed by atoms with Crippen molar-refractivity contribution in [2.24, 2.45) is 5.92 Å². The van der Waals surface area contributed by atoms with Gasteiger partial charge in [0, 0.05) is 39.8 Å². The van der Waals surface area contributed by atoms with Crippen molar-refractivity contribution >= 4 is 17.6 Å². The standard InChI is InChI=1S/C18H22N4O3/c1-21(2)16-8-13(5-6-19-16)10-20-18(24)14-9-17(23)22(11-14)12-15-4-3-7-25-15/h3-8,14H,9-12H2,1-2H3,(H,20,24). The van der Waals surface area contributed by atoms with Gasteiger partial charge in [0.1, 0.15) is 11.6 Å². The van der Waals surface area contributed by atoms with Crippen molar-refractivity contribution in [2.75, 3.05) is 25.5 Å². The Morgan fingerprint density at radius 1 is 1.44 bits per heavy atom. The molecule has 0 aliphatic carbocycles. The van der Waals surface area contributed by atoms with Gasteiger partial charge in [-0.1, -0.05) is 0 Å². The van der Waals surface area contributed by atoms with Gasteiger partial charge < -0.3 is 19.5 Å². The van der Waals surface area contributed by atoms with Gasteiger partial charge in [-0.05, 0) is 29.8 Å². The van der Waals surface area contributed by atoms with Crippen LogP contribution in [0.2, 0.25) is 0 Å². The number of carbonyl (C=O) groups excluding carboxylic acids is 2. The summed E-state index contributed by atoms with van der Waals surface area (Å²) < 4.78 is 5.27. The Bertz CT molecular complexity index is 743. The molecule has 1 atom stereocenters.